The van der Waals surface area contributed by atoms with Crippen molar-refractivity contribution in [3.63, 3.8) is 0 Å². The molecule has 0 radical (unpaired) electrons. The summed E-state index contributed by atoms with van der Waals surface area (Å²) in [6, 6.07) is 16.1. The first kappa shape index (κ1) is 16.2. The molecule has 1 aliphatic rings. The number of amides is 1. The molecule has 4 nitrogen and oxygen atoms in total. The van der Waals surface area contributed by atoms with Gasteiger partial charge in [-0.15, -0.1) is 0 Å². The summed E-state index contributed by atoms with van der Waals surface area (Å²) in [5.74, 6) is 0.222. The van der Waals surface area contributed by atoms with Crippen LogP contribution in [0.15, 0.2) is 48.5 Å². The van der Waals surface area contributed by atoms with E-state index in [1.807, 2.05) is 55.5 Å². The summed E-state index contributed by atoms with van der Waals surface area (Å²) in [6.45, 7) is 2.73. The Bertz CT molecular complexity index is 723. The summed E-state index contributed by atoms with van der Waals surface area (Å²) >= 11 is 0. The third-order valence-electron chi connectivity index (χ3n) is 4.31. The average molecular weight is 323 g/mol. The van der Waals surface area contributed by atoms with E-state index in [1.165, 1.54) is 0 Å². The predicted octanol–water partition coefficient (Wildman–Crippen LogP) is 3.98. The van der Waals surface area contributed by atoms with Crippen LogP contribution in [-0.2, 0) is 14.3 Å². The first-order valence-corrected chi connectivity index (χ1v) is 8.24. The van der Waals surface area contributed by atoms with E-state index in [1.54, 1.807) is 0 Å². The number of hydrogen-bond donors (Lipinski definition) is 1. The fraction of sp³-hybridized carbons (Fsp3) is 0.300. The highest BCUT2D eigenvalue weighted by atomic mass is 16.5. The molecule has 0 aromatic heterocycles. The summed E-state index contributed by atoms with van der Waals surface area (Å²) in [4.78, 5) is 22.7. The normalized spacial score (nSPS) is 14.7. The molecule has 0 saturated heterocycles. The molecule has 4 heteroatoms. The van der Waals surface area contributed by atoms with Crippen molar-refractivity contribution < 1.29 is 14.3 Å². The Morgan fingerprint density at radius 1 is 1.21 bits per heavy atom. The van der Waals surface area contributed by atoms with Gasteiger partial charge >= 0.3 is 0 Å². The summed E-state index contributed by atoms with van der Waals surface area (Å²) in [7, 11) is 0. The van der Waals surface area contributed by atoms with E-state index in [0.717, 1.165) is 35.2 Å². The molecular weight excluding hydrogens is 302 g/mol. The van der Waals surface area contributed by atoms with Crippen molar-refractivity contribution in [3.05, 3.63) is 54.1 Å². The van der Waals surface area contributed by atoms with Gasteiger partial charge < -0.3 is 10.1 Å². The zero-order valence-electron chi connectivity index (χ0n) is 13.7. The van der Waals surface area contributed by atoms with Gasteiger partial charge in [0.25, 0.3) is 6.47 Å². The molecule has 2 aromatic carbocycles. The van der Waals surface area contributed by atoms with Gasteiger partial charge in [-0.05, 0) is 35.6 Å². The highest BCUT2D eigenvalue weighted by Gasteiger charge is 2.30. The van der Waals surface area contributed by atoms with Crippen LogP contribution in [0.25, 0.3) is 11.1 Å². The molecular formula is C20H21NO3. The van der Waals surface area contributed by atoms with Gasteiger partial charge in [-0.1, -0.05) is 49.4 Å². The lowest BCUT2D eigenvalue weighted by atomic mass is 9.95. The maximum Gasteiger partial charge on any atom is 0.293 e. The second kappa shape index (κ2) is 7.30. The van der Waals surface area contributed by atoms with Crippen LogP contribution in [0, 0.1) is 5.92 Å². The molecule has 0 heterocycles. The second-order valence-electron chi connectivity index (χ2n) is 6.26. The molecule has 1 atom stereocenters. The van der Waals surface area contributed by atoms with Gasteiger partial charge in [-0.2, -0.15) is 0 Å². The standard InChI is InChI=1S/C20H21NO3/c1-14(12-24-13-22)18-10-9-17(15-5-3-2-4-6-15)11-19(18)21-20(23)16-7-8-16/h2-6,9-11,13-14,16H,7-8,12H2,1H3,(H,21,23). The number of anilines is 1. The molecule has 0 bridgehead atoms. The lowest BCUT2D eigenvalue weighted by Crippen LogP contribution is -2.16. The van der Waals surface area contributed by atoms with Crippen LogP contribution in [0.3, 0.4) is 0 Å². The van der Waals surface area contributed by atoms with Crippen molar-refractivity contribution in [3.8, 4) is 11.1 Å². The average Bonchev–Trinajstić information content (AvgIpc) is 3.45. The molecule has 1 fully saturated rings. The van der Waals surface area contributed by atoms with E-state index in [4.69, 9.17) is 4.74 Å². The number of carbonyl (C=O) groups excluding carboxylic acids is 2. The van der Waals surface area contributed by atoms with Crippen LogP contribution in [0.4, 0.5) is 5.69 Å². The maximum absolute atomic E-state index is 12.2. The van der Waals surface area contributed by atoms with E-state index in [2.05, 4.69) is 5.32 Å². The number of ether oxygens (including phenoxy) is 1. The lowest BCUT2D eigenvalue weighted by molar-refractivity contribution is -0.129. The van der Waals surface area contributed by atoms with Crippen molar-refractivity contribution in [1.29, 1.82) is 0 Å². The van der Waals surface area contributed by atoms with Gasteiger partial charge in [-0.3, -0.25) is 9.59 Å². The Morgan fingerprint density at radius 3 is 2.62 bits per heavy atom. The maximum atomic E-state index is 12.2. The quantitative estimate of drug-likeness (QED) is 0.784. The smallest absolute Gasteiger partial charge is 0.293 e. The molecule has 1 amide bonds. The van der Waals surface area contributed by atoms with Crippen molar-refractivity contribution >= 4 is 18.1 Å². The van der Waals surface area contributed by atoms with Gasteiger partial charge in [0, 0.05) is 17.5 Å². The largest absolute Gasteiger partial charge is 0.467 e. The van der Waals surface area contributed by atoms with Gasteiger partial charge in [0.1, 0.15) is 0 Å². The Labute approximate surface area is 141 Å². The molecule has 2 aromatic rings. The first-order chi connectivity index (χ1) is 11.7. The lowest BCUT2D eigenvalue weighted by Gasteiger charge is -2.18. The third kappa shape index (κ3) is 3.82. The fourth-order valence-corrected chi connectivity index (χ4v) is 2.76. The zero-order valence-corrected chi connectivity index (χ0v) is 13.7. The summed E-state index contributed by atoms with van der Waals surface area (Å²) in [6.07, 6.45) is 1.92. The second-order valence-corrected chi connectivity index (χ2v) is 6.26. The first-order valence-electron chi connectivity index (χ1n) is 8.24. The van der Waals surface area contributed by atoms with Gasteiger partial charge in [0.15, 0.2) is 0 Å². The third-order valence-corrected chi connectivity index (χ3v) is 4.31. The molecule has 1 N–H and O–H groups in total. The highest BCUT2D eigenvalue weighted by molar-refractivity contribution is 5.95. The van der Waals surface area contributed by atoms with E-state index in [-0.39, 0.29) is 17.7 Å². The van der Waals surface area contributed by atoms with Gasteiger partial charge in [-0.25, -0.2) is 0 Å². The predicted molar refractivity (Wildman–Crippen MR) is 93.7 cm³/mol. The summed E-state index contributed by atoms with van der Waals surface area (Å²) in [5, 5.41) is 3.06. The summed E-state index contributed by atoms with van der Waals surface area (Å²) in [5.41, 5.74) is 3.93. The molecule has 24 heavy (non-hydrogen) atoms. The monoisotopic (exact) mass is 323 g/mol. The van der Waals surface area contributed by atoms with Crippen LogP contribution in [0.2, 0.25) is 0 Å². The minimum atomic E-state index is 0.00882. The number of carbonyl (C=O) groups is 2. The molecule has 1 unspecified atom stereocenters. The highest BCUT2D eigenvalue weighted by Crippen LogP contribution is 2.34. The van der Waals surface area contributed by atoms with Crippen LogP contribution in [0.5, 0.6) is 0 Å². The van der Waals surface area contributed by atoms with Crippen molar-refractivity contribution in [2.75, 3.05) is 11.9 Å². The van der Waals surface area contributed by atoms with Gasteiger partial charge in [0.2, 0.25) is 5.91 Å². The van der Waals surface area contributed by atoms with E-state index in [9.17, 15) is 9.59 Å². The molecule has 1 aliphatic carbocycles. The zero-order chi connectivity index (χ0) is 16.9. The SMILES string of the molecule is CC(COC=O)c1ccc(-c2ccccc2)cc1NC(=O)C1CC1. The molecule has 3 rings (SSSR count). The van der Waals surface area contributed by atoms with Crippen molar-refractivity contribution in [2.24, 2.45) is 5.92 Å². The molecule has 1 saturated carbocycles. The number of hydrogen-bond acceptors (Lipinski definition) is 3. The van der Waals surface area contributed by atoms with Crippen LogP contribution in [0.1, 0.15) is 31.2 Å². The topological polar surface area (TPSA) is 55.4 Å². The van der Waals surface area contributed by atoms with E-state index < -0.39 is 0 Å². The minimum absolute atomic E-state index is 0.00882. The fourth-order valence-electron chi connectivity index (χ4n) is 2.76. The molecule has 0 aliphatic heterocycles. The summed E-state index contributed by atoms with van der Waals surface area (Å²) < 4.78 is 4.89. The Hall–Kier alpha value is -2.62. The van der Waals surface area contributed by atoms with Crippen LogP contribution >= 0.6 is 0 Å². The molecule has 124 valence electrons. The van der Waals surface area contributed by atoms with Crippen molar-refractivity contribution in [2.45, 2.75) is 25.7 Å². The Balaban J connectivity index is 1.91. The number of nitrogens with one attached hydrogen (secondary N) is 1. The number of rotatable bonds is 7. The minimum Gasteiger partial charge on any atom is -0.467 e. The number of benzene rings is 2. The van der Waals surface area contributed by atoms with Crippen LogP contribution in [-0.4, -0.2) is 19.0 Å². The van der Waals surface area contributed by atoms with Crippen LogP contribution < -0.4 is 5.32 Å². The Kier molecular flexibility index (Phi) is 4.94. The van der Waals surface area contributed by atoms with Crippen molar-refractivity contribution in [1.82, 2.24) is 0 Å². The van der Waals surface area contributed by atoms with E-state index in [0.29, 0.717) is 13.1 Å². The van der Waals surface area contributed by atoms with E-state index >= 15 is 0 Å². The van der Waals surface area contributed by atoms with Gasteiger partial charge in [0.05, 0.1) is 6.61 Å². The molecule has 0 spiro atoms. The Morgan fingerprint density at radius 2 is 1.96 bits per heavy atom.